The van der Waals surface area contributed by atoms with Crippen molar-refractivity contribution in [3.8, 4) is 5.75 Å². The molecular formula is C13H18F3NO. The van der Waals surface area contributed by atoms with Crippen molar-refractivity contribution >= 4 is 0 Å². The highest BCUT2D eigenvalue weighted by atomic mass is 19.4. The molecule has 0 saturated carbocycles. The molecule has 0 radical (unpaired) electrons. The van der Waals surface area contributed by atoms with E-state index in [1.165, 1.54) is 7.11 Å². The Bertz CT molecular complexity index is 365. The van der Waals surface area contributed by atoms with Gasteiger partial charge in [-0.3, -0.25) is 0 Å². The van der Waals surface area contributed by atoms with Crippen molar-refractivity contribution in [3.05, 3.63) is 29.8 Å². The third-order valence-corrected chi connectivity index (χ3v) is 2.59. The summed E-state index contributed by atoms with van der Waals surface area (Å²) in [6, 6.07) is 6.03. The van der Waals surface area contributed by atoms with Crippen LogP contribution >= 0.6 is 0 Å². The summed E-state index contributed by atoms with van der Waals surface area (Å²) in [7, 11) is 1.46. The molecule has 0 aliphatic heterocycles. The lowest BCUT2D eigenvalue weighted by molar-refractivity contribution is -0.140. The highest BCUT2D eigenvalue weighted by molar-refractivity contribution is 5.36. The number of methoxy groups -OCH3 is 1. The lowest BCUT2D eigenvalue weighted by Crippen LogP contribution is -2.27. The molecule has 1 N–H and O–H groups in total. The second kappa shape index (κ2) is 6.64. The Labute approximate surface area is 105 Å². The maximum absolute atomic E-state index is 12.6. The summed E-state index contributed by atoms with van der Waals surface area (Å²) in [4.78, 5) is 0. The van der Waals surface area contributed by atoms with E-state index < -0.39 is 18.6 Å². The second-order valence-corrected chi connectivity index (χ2v) is 4.07. The molecule has 2 nitrogen and oxygen atoms in total. The summed E-state index contributed by atoms with van der Waals surface area (Å²) < 4.78 is 42.8. The topological polar surface area (TPSA) is 21.3 Å². The van der Waals surface area contributed by atoms with Crippen LogP contribution in [-0.2, 0) is 0 Å². The first kappa shape index (κ1) is 14.8. The van der Waals surface area contributed by atoms with E-state index in [1.54, 1.807) is 24.3 Å². The van der Waals surface area contributed by atoms with Gasteiger partial charge >= 0.3 is 6.18 Å². The summed E-state index contributed by atoms with van der Waals surface area (Å²) in [5, 5.41) is 2.92. The molecule has 0 aliphatic carbocycles. The third kappa shape index (κ3) is 4.56. The molecular weight excluding hydrogens is 243 g/mol. The van der Waals surface area contributed by atoms with E-state index in [2.05, 4.69) is 5.32 Å². The van der Waals surface area contributed by atoms with Crippen LogP contribution < -0.4 is 10.1 Å². The molecule has 1 aromatic rings. The number of nitrogens with one attached hydrogen (secondary N) is 1. The number of hydrogen-bond donors (Lipinski definition) is 1. The maximum Gasteiger partial charge on any atom is 0.390 e. The number of benzene rings is 1. The predicted molar refractivity (Wildman–Crippen MR) is 64.7 cm³/mol. The zero-order valence-electron chi connectivity index (χ0n) is 10.6. The molecule has 1 rings (SSSR count). The number of halogens is 3. The van der Waals surface area contributed by atoms with Crippen LogP contribution in [0.3, 0.4) is 0 Å². The zero-order valence-corrected chi connectivity index (χ0v) is 10.6. The fourth-order valence-corrected chi connectivity index (χ4v) is 1.80. The molecule has 0 aromatic heterocycles. The largest absolute Gasteiger partial charge is 0.496 e. The van der Waals surface area contributed by atoms with Gasteiger partial charge in [-0.15, -0.1) is 0 Å². The van der Waals surface area contributed by atoms with Crippen molar-refractivity contribution in [1.82, 2.24) is 5.32 Å². The van der Waals surface area contributed by atoms with Gasteiger partial charge in [0.1, 0.15) is 5.75 Å². The van der Waals surface area contributed by atoms with Crippen LogP contribution in [0.2, 0.25) is 0 Å². The summed E-state index contributed by atoms with van der Waals surface area (Å²) >= 11 is 0. The van der Waals surface area contributed by atoms with Crippen LogP contribution in [-0.4, -0.2) is 19.8 Å². The third-order valence-electron chi connectivity index (χ3n) is 2.59. The standard InChI is InChI=1S/C13H18F3NO/c1-3-8-17-11(9-13(14,15)16)10-6-4-5-7-12(10)18-2/h4-7,11,17H,3,8-9H2,1-2H3. The molecule has 0 bridgehead atoms. The van der Waals surface area contributed by atoms with Gasteiger partial charge < -0.3 is 10.1 Å². The molecule has 102 valence electrons. The van der Waals surface area contributed by atoms with Crippen LogP contribution in [0, 0.1) is 0 Å². The Morgan fingerprint density at radius 3 is 2.50 bits per heavy atom. The van der Waals surface area contributed by atoms with Gasteiger partial charge in [-0.2, -0.15) is 13.2 Å². The van der Waals surface area contributed by atoms with Gasteiger partial charge in [0.05, 0.1) is 13.5 Å². The minimum atomic E-state index is -4.20. The van der Waals surface area contributed by atoms with E-state index in [4.69, 9.17) is 4.74 Å². The predicted octanol–water partition coefficient (Wildman–Crippen LogP) is 3.69. The second-order valence-electron chi connectivity index (χ2n) is 4.07. The molecule has 1 aromatic carbocycles. The molecule has 1 unspecified atom stereocenters. The van der Waals surface area contributed by atoms with Gasteiger partial charge in [0, 0.05) is 11.6 Å². The van der Waals surface area contributed by atoms with Gasteiger partial charge in [-0.1, -0.05) is 25.1 Å². The van der Waals surface area contributed by atoms with E-state index in [0.29, 0.717) is 17.9 Å². The van der Waals surface area contributed by atoms with E-state index >= 15 is 0 Å². The Kier molecular flexibility index (Phi) is 5.47. The molecule has 0 amide bonds. The Morgan fingerprint density at radius 2 is 1.94 bits per heavy atom. The molecule has 0 spiro atoms. The summed E-state index contributed by atoms with van der Waals surface area (Å²) in [5.74, 6) is 0.482. The molecule has 5 heteroatoms. The molecule has 18 heavy (non-hydrogen) atoms. The van der Waals surface area contributed by atoms with Crippen molar-refractivity contribution < 1.29 is 17.9 Å². The molecule has 1 atom stereocenters. The first-order valence-electron chi connectivity index (χ1n) is 5.91. The molecule has 0 heterocycles. The van der Waals surface area contributed by atoms with E-state index in [-0.39, 0.29) is 0 Å². The van der Waals surface area contributed by atoms with Crippen LogP contribution in [0.1, 0.15) is 31.4 Å². The average molecular weight is 261 g/mol. The lowest BCUT2D eigenvalue weighted by Gasteiger charge is -2.22. The number of alkyl halides is 3. The molecule has 0 fully saturated rings. The number of rotatable bonds is 6. The Hall–Kier alpha value is -1.23. The zero-order chi connectivity index (χ0) is 13.6. The van der Waals surface area contributed by atoms with E-state index in [0.717, 1.165) is 6.42 Å². The number of hydrogen-bond acceptors (Lipinski definition) is 2. The van der Waals surface area contributed by atoms with Crippen LogP contribution in [0.4, 0.5) is 13.2 Å². The number of ether oxygens (including phenoxy) is 1. The van der Waals surface area contributed by atoms with Crippen LogP contribution in [0.25, 0.3) is 0 Å². The summed E-state index contributed by atoms with van der Waals surface area (Å²) in [6.45, 7) is 2.46. The first-order chi connectivity index (χ1) is 8.48. The van der Waals surface area contributed by atoms with Gasteiger partial charge in [0.15, 0.2) is 0 Å². The van der Waals surface area contributed by atoms with Crippen LogP contribution in [0.15, 0.2) is 24.3 Å². The van der Waals surface area contributed by atoms with Gasteiger partial charge in [-0.25, -0.2) is 0 Å². The summed E-state index contributed by atoms with van der Waals surface area (Å²) in [5.41, 5.74) is 0.547. The van der Waals surface area contributed by atoms with E-state index in [9.17, 15) is 13.2 Å². The van der Waals surface area contributed by atoms with Crippen molar-refractivity contribution in [1.29, 1.82) is 0 Å². The smallest absolute Gasteiger partial charge is 0.390 e. The van der Waals surface area contributed by atoms with Gasteiger partial charge in [-0.05, 0) is 19.0 Å². The van der Waals surface area contributed by atoms with Crippen molar-refractivity contribution in [2.45, 2.75) is 32.0 Å². The average Bonchev–Trinajstić information content (AvgIpc) is 2.33. The lowest BCUT2D eigenvalue weighted by atomic mass is 10.0. The quantitative estimate of drug-likeness (QED) is 0.843. The SMILES string of the molecule is CCCNC(CC(F)(F)F)c1ccccc1OC. The highest BCUT2D eigenvalue weighted by Crippen LogP contribution is 2.33. The Balaban J connectivity index is 2.93. The fraction of sp³-hybridized carbons (Fsp3) is 0.538. The van der Waals surface area contributed by atoms with Gasteiger partial charge in [0.25, 0.3) is 0 Å². The fourth-order valence-electron chi connectivity index (χ4n) is 1.80. The first-order valence-corrected chi connectivity index (χ1v) is 5.91. The summed E-state index contributed by atoms with van der Waals surface area (Å²) in [6.07, 6.45) is -4.32. The normalized spacial score (nSPS) is 13.4. The highest BCUT2D eigenvalue weighted by Gasteiger charge is 2.33. The minimum absolute atomic E-state index is 0.482. The number of para-hydroxylation sites is 1. The Morgan fingerprint density at radius 1 is 1.28 bits per heavy atom. The van der Waals surface area contributed by atoms with Gasteiger partial charge in [0.2, 0.25) is 0 Å². The monoisotopic (exact) mass is 261 g/mol. The minimum Gasteiger partial charge on any atom is -0.496 e. The van der Waals surface area contributed by atoms with Crippen molar-refractivity contribution in [2.75, 3.05) is 13.7 Å². The van der Waals surface area contributed by atoms with E-state index in [1.807, 2.05) is 6.92 Å². The molecule has 0 aliphatic rings. The van der Waals surface area contributed by atoms with Crippen molar-refractivity contribution in [2.24, 2.45) is 0 Å². The van der Waals surface area contributed by atoms with Crippen molar-refractivity contribution in [3.63, 3.8) is 0 Å². The maximum atomic E-state index is 12.6. The molecule has 0 saturated heterocycles. The van der Waals surface area contributed by atoms with Crippen LogP contribution in [0.5, 0.6) is 5.75 Å².